The van der Waals surface area contributed by atoms with Crippen LogP contribution in [0.2, 0.25) is 0 Å². The maximum Gasteiger partial charge on any atom is 0.164 e. The van der Waals surface area contributed by atoms with Gasteiger partial charge in [-0.25, -0.2) is 0 Å². The largest absolute Gasteiger partial charge is 0.506 e. The Kier molecular flexibility index (Phi) is 7.31. The van der Waals surface area contributed by atoms with E-state index in [2.05, 4.69) is 30.3 Å². The Morgan fingerprint density at radius 1 is 0.730 bits per heavy atom. The van der Waals surface area contributed by atoms with Crippen molar-refractivity contribution >= 4 is 34.2 Å². The van der Waals surface area contributed by atoms with E-state index >= 15 is 0 Å². The van der Waals surface area contributed by atoms with Gasteiger partial charge in [-0.15, -0.1) is 22.7 Å². The van der Waals surface area contributed by atoms with Crippen molar-refractivity contribution in [2.24, 2.45) is 0 Å². The van der Waals surface area contributed by atoms with Gasteiger partial charge in [0.15, 0.2) is 11.6 Å². The van der Waals surface area contributed by atoms with Gasteiger partial charge in [0.25, 0.3) is 0 Å². The van der Waals surface area contributed by atoms with Gasteiger partial charge in [-0.2, -0.15) is 0 Å². The van der Waals surface area contributed by atoms with Crippen LogP contribution in [0, 0.1) is 0 Å². The summed E-state index contributed by atoms with van der Waals surface area (Å²) in [6.45, 7) is 3.06. The van der Waals surface area contributed by atoms with E-state index in [1.165, 1.54) is 59.8 Å². The molecule has 2 aromatic heterocycles. The summed E-state index contributed by atoms with van der Waals surface area (Å²) >= 11 is 3.01. The van der Waals surface area contributed by atoms with Crippen LogP contribution in [0.5, 0.6) is 11.5 Å². The number of ether oxygens (including phenoxy) is 1. The number of carbonyl (C=O) groups is 2. The van der Waals surface area contributed by atoms with Crippen LogP contribution >= 0.6 is 22.7 Å². The summed E-state index contributed by atoms with van der Waals surface area (Å²) in [6.07, 6.45) is 7.10. The van der Waals surface area contributed by atoms with E-state index < -0.39 is 0 Å². The van der Waals surface area contributed by atoms with Crippen molar-refractivity contribution in [1.82, 2.24) is 0 Å². The molecule has 0 saturated carbocycles. The fourth-order valence-corrected chi connectivity index (χ4v) is 7.29. The fourth-order valence-electron chi connectivity index (χ4n) is 5.22. The van der Waals surface area contributed by atoms with Gasteiger partial charge in [0.05, 0.1) is 28.0 Å². The minimum absolute atomic E-state index is 0.0560. The lowest BCUT2D eigenvalue weighted by atomic mass is 10.0. The number of hydrogen-bond acceptors (Lipinski definition) is 6. The molecule has 2 aliphatic rings. The average molecular weight is 531 g/mol. The topological polar surface area (TPSA) is 63.6 Å². The molecule has 37 heavy (non-hydrogen) atoms. The molecular formula is C31H30O4S2. The summed E-state index contributed by atoms with van der Waals surface area (Å²) in [7, 11) is 1.63. The molecule has 0 atom stereocenters. The van der Waals surface area contributed by atoms with E-state index in [9.17, 15) is 14.7 Å². The van der Waals surface area contributed by atoms with Gasteiger partial charge in [-0.3, -0.25) is 9.59 Å². The Labute approximate surface area is 225 Å². The van der Waals surface area contributed by atoms with Crippen molar-refractivity contribution in [2.45, 2.75) is 52.4 Å². The van der Waals surface area contributed by atoms with Gasteiger partial charge >= 0.3 is 0 Å². The fraction of sp³-hybridized carbons (Fsp3) is 0.290. The molecule has 0 spiro atoms. The Balaban J connectivity index is 0.000000152. The summed E-state index contributed by atoms with van der Waals surface area (Å²) in [5, 5.41) is 13.7. The first-order chi connectivity index (χ1) is 17.9. The van der Waals surface area contributed by atoms with Gasteiger partial charge < -0.3 is 9.84 Å². The highest BCUT2D eigenvalue weighted by Crippen LogP contribution is 2.41. The lowest BCUT2D eigenvalue weighted by Gasteiger charge is -2.07. The Morgan fingerprint density at radius 2 is 1.22 bits per heavy atom. The molecule has 2 aromatic carbocycles. The van der Waals surface area contributed by atoms with Crippen LogP contribution in [0.3, 0.4) is 0 Å². The molecule has 6 heteroatoms. The first-order valence-electron chi connectivity index (χ1n) is 12.6. The lowest BCUT2D eigenvalue weighted by molar-refractivity contribution is 0.100. The van der Waals surface area contributed by atoms with Gasteiger partial charge in [0, 0.05) is 10.8 Å². The zero-order valence-electron chi connectivity index (χ0n) is 21.3. The smallest absolute Gasteiger partial charge is 0.164 e. The number of rotatable bonds is 5. The SMILES string of the molecule is CC(=O)c1csc(-c2ccc3c(c2)CCC3)c1O.COc1c(C(C)=O)csc1-c1ccc2c(c1)CCC2. The average Bonchev–Trinajstić information content (AvgIpc) is 3.68. The molecule has 2 heterocycles. The standard InChI is InChI=1S/C16H16O2S.C15H14O2S/c1-10(17)14-9-19-16(15(14)18-2)13-7-6-11-4-3-5-12(11)8-13;1-9(16)13-8-18-15(14(13)17)12-6-5-10-3-2-4-11(10)7-12/h6-9H,3-5H2,1-2H3;5-8,17H,2-4H2,1H3. The summed E-state index contributed by atoms with van der Waals surface area (Å²) in [6, 6.07) is 12.9. The predicted molar refractivity (Wildman–Crippen MR) is 152 cm³/mol. The minimum Gasteiger partial charge on any atom is -0.506 e. The van der Waals surface area contributed by atoms with Crippen molar-refractivity contribution in [3.63, 3.8) is 0 Å². The first-order valence-corrected chi connectivity index (χ1v) is 14.4. The summed E-state index contributed by atoms with van der Waals surface area (Å²) in [4.78, 5) is 24.8. The number of methoxy groups -OCH3 is 1. The number of fused-ring (bicyclic) bond motifs is 2. The number of benzene rings is 2. The van der Waals surface area contributed by atoms with E-state index in [1.54, 1.807) is 30.8 Å². The highest BCUT2D eigenvalue weighted by Gasteiger charge is 2.20. The molecule has 4 aromatic rings. The van der Waals surface area contributed by atoms with Crippen LogP contribution in [-0.2, 0) is 25.7 Å². The van der Waals surface area contributed by atoms with Crippen molar-refractivity contribution in [2.75, 3.05) is 7.11 Å². The maximum absolute atomic E-state index is 11.6. The summed E-state index contributed by atoms with van der Waals surface area (Å²) in [5.41, 5.74) is 8.99. The second kappa shape index (κ2) is 10.6. The molecule has 0 unspecified atom stereocenters. The van der Waals surface area contributed by atoms with Crippen LogP contribution in [0.25, 0.3) is 20.9 Å². The van der Waals surface area contributed by atoms with Gasteiger partial charge in [-0.1, -0.05) is 24.3 Å². The van der Waals surface area contributed by atoms with Crippen molar-refractivity contribution in [1.29, 1.82) is 0 Å². The quantitative estimate of drug-likeness (QED) is 0.266. The monoisotopic (exact) mass is 530 g/mol. The molecule has 0 radical (unpaired) electrons. The van der Waals surface area contributed by atoms with Crippen LogP contribution < -0.4 is 4.74 Å². The van der Waals surface area contributed by atoms with Crippen LogP contribution in [-0.4, -0.2) is 23.8 Å². The number of hydrogen-bond donors (Lipinski definition) is 1. The maximum atomic E-state index is 11.6. The summed E-state index contributed by atoms with van der Waals surface area (Å²) in [5.74, 6) is 0.817. The number of ketones is 2. The Bertz CT molecular complexity index is 1490. The highest BCUT2D eigenvalue weighted by molar-refractivity contribution is 7.14. The number of Topliss-reactive ketones (excluding diaryl/α,β-unsaturated/α-hetero) is 2. The Hall–Kier alpha value is -3.22. The third-order valence-corrected chi connectivity index (χ3v) is 9.22. The van der Waals surface area contributed by atoms with E-state index in [1.807, 2.05) is 11.4 Å². The normalized spacial score (nSPS) is 13.5. The molecule has 0 aliphatic heterocycles. The van der Waals surface area contributed by atoms with E-state index in [0.29, 0.717) is 11.1 Å². The number of aryl methyl sites for hydroxylation is 4. The number of thiophene rings is 2. The zero-order valence-corrected chi connectivity index (χ0v) is 23.0. The molecule has 0 fully saturated rings. The molecule has 190 valence electrons. The highest BCUT2D eigenvalue weighted by atomic mass is 32.1. The molecule has 1 N–H and O–H groups in total. The lowest BCUT2D eigenvalue weighted by Crippen LogP contribution is -1.94. The van der Waals surface area contributed by atoms with Crippen LogP contribution in [0.1, 0.15) is 69.7 Å². The van der Waals surface area contributed by atoms with E-state index in [0.717, 1.165) is 45.9 Å². The second-order valence-electron chi connectivity index (χ2n) is 9.63. The molecular weight excluding hydrogens is 500 g/mol. The van der Waals surface area contributed by atoms with Crippen molar-refractivity contribution in [3.8, 4) is 32.4 Å². The molecule has 0 amide bonds. The summed E-state index contributed by atoms with van der Waals surface area (Å²) < 4.78 is 5.44. The van der Waals surface area contributed by atoms with E-state index in [4.69, 9.17) is 4.74 Å². The molecule has 6 rings (SSSR count). The molecule has 4 nitrogen and oxygen atoms in total. The third kappa shape index (κ3) is 5.00. The van der Waals surface area contributed by atoms with Gasteiger partial charge in [0.1, 0.15) is 11.5 Å². The van der Waals surface area contributed by atoms with Crippen LogP contribution in [0.15, 0.2) is 47.2 Å². The minimum atomic E-state index is -0.0869. The molecule has 0 bridgehead atoms. The third-order valence-electron chi connectivity index (χ3n) is 7.19. The first kappa shape index (κ1) is 25.4. The van der Waals surface area contributed by atoms with Crippen molar-refractivity contribution in [3.05, 3.63) is 80.5 Å². The molecule has 2 aliphatic carbocycles. The number of carbonyl (C=O) groups excluding carboxylic acids is 2. The van der Waals surface area contributed by atoms with E-state index in [-0.39, 0.29) is 17.3 Å². The van der Waals surface area contributed by atoms with Gasteiger partial charge in [0.2, 0.25) is 0 Å². The molecule has 0 saturated heterocycles. The van der Waals surface area contributed by atoms with Gasteiger partial charge in [-0.05, 0) is 97.9 Å². The van der Waals surface area contributed by atoms with Crippen LogP contribution in [0.4, 0.5) is 0 Å². The predicted octanol–water partition coefficient (Wildman–Crippen LogP) is 7.93. The zero-order chi connectivity index (χ0) is 26.1. The Morgan fingerprint density at radius 3 is 1.73 bits per heavy atom. The number of aromatic hydroxyl groups is 1. The second-order valence-corrected chi connectivity index (χ2v) is 11.4. The van der Waals surface area contributed by atoms with Crippen molar-refractivity contribution < 1.29 is 19.4 Å².